The first-order chi connectivity index (χ1) is 19.4. The van der Waals surface area contributed by atoms with Crippen LogP contribution in [0.1, 0.15) is 65.5 Å². The summed E-state index contributed by atoms with van der Waals surface area (Å²) >= 11 is 0. The van der Waals surface area contributed by atoms with Gasteiger partial charge in [0.2, 0.25) is 11.8 Å². The number of carbonyl (C=O) groups excluding carboxylic acids is 4. The number of benzene rings is 1. The maximum Gasteiger partial charge on any atom is 0.325 e. The average molecular weight is 575 g/mol. The molecule has 0 saturated carbocycles. The van der Waals surface area contributed by atoms with Crippen LogP contribution in [0.4, 0.5) is 4.39 Å². The second kappa shape index (κ2) is 15.9. The molecule has 1 aliphatic heterocycles. The summed E-state index contributed by atoms with van der Waals surface area (Å²) < 4.78 is 25.4. The molecule has 3 amide bonds. The van der Waals surface area contributed by atoms with E-state index in [4.69, 9.17) is 9.47 Å². The minimum absolute atomic E-state index is 0.158. The molecular weight excluding hydrogens is 531 g/mol. The Kier molecular flexibility index (Phi) is 13.0. The number of nitrogens with zero attached hydrogens (tertiary/aromatic N) is 1. The average Bonchev–Trinajstić information content (AvgIpc) is 2.94. The van der Waals surface area contributed by atoms with Gasteiger partial charge in [-0.05, 0) is 57.2 Å². The van der Waals surface area contributed by atoms with Crippen LogP contribution < -0.4 is 20.8 Å². The Labute approximate surface area is 241 Å². The number of esters is 1. The first-order valence-corrected chi connectivity index (χ1v) is 13.9. The molecule has 226 valence electrons. The molecule has 0 aromatic heterocycles. The number of hydrazine groups is 1. The van der Waals surface area contributed by atoms with E-state index in [9.17, 15) is 23.6 Å². The van der Waals surface area contributed by atoms with E-state index in [0.717, 1.165) is 0 Å². The number of amides is 3. The third-order valence-electron chi connectivity index (χ3n) is 6.75. The molecule has 1 heterocycles. The van der Waals surface area contributed by atoms with Crippen molar-refractivity contribution >= 4 is 23.7 Å². The summed E-state index contributed by atoms with van der Waals surface area (Å²) in [6.07, 6.45) is 3.69. The Bertz CT molecular complexity index is 1110. The largest absolute Gasteiger partial charge is 0.490 e. The first kappa shape index (κ1) is 33.5. The van der Waals surface area contributed by atoms with Gasteiger partial charge in [0, 0.05) is 18.0 Å². The number of nitrogens with one attached hydrogen (secondary N) is 3. The van der Waals surface area contributed by atoms with Crippen LogP contribution >= 0.6 is 0 Å². The highest BCUT2D eigenvalue weighted by Gasteiger charge is 2.34. The second-order valence-corrected chi connectivity index (χ2v) is 10.6. The molecule has 0 aliphatic carbocycles. The maximum atomic E-state index is 14.4. The minimum atomic E-state index is -0.931. The van der Waals surface area contributed by atoms with Crippen LogP contribution in [0.15, 0.2) is 43.5 Å². The van der Waals surface area contributed by atoms with Crippen molar-refractivity contribution in [2.24, 2.45) is 11.8 Å². The van der Waals surface area contributed by atoms with E-state index >= 15 is 0 Å². The van der Waals surface area contributed by atoms with Gasteiger partial charge >= 0.3 is 5.97 Å². The summed E-state index contributed by atoms with van der Waals surface area (Å²) in [4.78, 5) is 51.5. The van der Waals surface area contributed by atoms with Crippen LogP contribution in [-0.4, -0.2) is 60.0 Å². The molecule has 2 rings (SSSR count). The lowest BCUT2D eigenvalue weighted by molar-refractivity contribution is -0.157. The van der Waals surface area contributed by atoms with Crippen molar-refractivity contribution in [1.82, 2.24) is 21.1 Å². The number of hydrogen-bond donors (Lipinski definition) is 3. The molecule has 1 fully saturated rings. The number of hydrogen-bond acceptors (Lipinski definition) is 7. The van der Waals surface area contributed by atoms with Gasteiger partial charge in [0.25, 0.3) is 5.91 Å². The van der Waals surface area contributed by atoms with Gasteiger partial charge in [0.1, 0.15) is 42.4 Å². The van der Waals surface area contributed by atoms with Gasteiger partial charge in [-0.3, -0.25) is 24.2 Å². The van der Waals surface area contributed by atoms with Crippen LogP contribution in [0.3, 0.4) is 0 Å². The van der Waals surface area contributed by atoms with Crippen LogP contribution in [-0.2, 0) is 23.9 Å². The quantitative estimate of drug-likeness (QED) is 0.230. The Hall–Kier alpha value is -3.73. The smallest absolute Gasteiger partial charge is 0.325 e. The van der Waals surface area contributed by atoms with E-state index in [2.05, 4.69) is 29.2 Å². The highest BCUT2D eigenvalue weighted by atomic mass is 19.1. The first-order valence-electron chi connectivity index (χ1n) is 13.9. The summed E-state index contributed by atoms with van der Waals surface area (Å²) in [7, 11) is 0. The normalized spacial score (nSPS) is 17.9. The summed E-state index contributed by atoms with van der Waals surface area (Å²) in [5, 5.41) is 6.72. The van der Waals surface area contributed by atoms with Gasteiger partial charge in [0.05, 0.1) is 0 Å². The van der Waals surface area contributed by atoms with Crippen molar-refractivity contribution in [1.29, 1.82) is 0 Å². The zero-order valence-electron chi connectivity index (χ0n) is 24.6. The highest BCUT2D eigenvalue weighted by Crippen LogP contribution is 2.26. The molecule has 5 atom stereocenters. The molecule has 3 N–H and O–H groups in total. The van der Waals surface area contributed by atoms with E-state index in [1.54, 1.807) is 39.8 Å². The van der Waals surface area contributed by atoms with Gasteiger partial charge in [-0.1, -0.05) is 39.5 Å². The number of rotatable bonds is 14. The molecule has 1 aromatic rings. The van der Waals surface area contributed by atoms with Gasteiger partial charge in [-0.25, -0.2) is 9.82 Å². The van der Waals surface area contributed by atoms with Crippen molar-refractivity contribution in [3.8, 4) is 5.75 Å². The predicted octanol–water partition coefficient (Wildman–Crippen LogP) is 3.35. The van der Waals surface area contributed by atoms with Crippen LogP contribution in [0.25, 0.3) is 0 Å². The molecule has 1 saturated heterocycles. The molecule has 41 heavy (non-hydrogen) atoms. The topological polar surface area (TPSA) is 126 Å². The standard InChI is InChI=1S/C30H43FN4O6/c1-8-11-19(5)27(36)33-26(18(3)4)28(37)32-20(6)29(38)35-15-10-12-25(34-35)30(39)41-21(7)23-17-22(40-16-9-2)13-14-24(23)31/h8-9,13-14,17-21,25-26,34H,1-2,10-12,15-16H2,3-7H3,(H,32,37)(H,33,36)/t19?,20-,21+,25-,26-/m0/s1. The van der Waals surface area contributed by atoms with Crippen molar-refractivity contribution in [2.45, 2.75) is 78.1 Å². The summed E-state index contributed by atoms with van der Waals surface area (Å²) in [5.74, 6) is -2.53. The molecule has 0 bridgehead atoms. The molecule has 1 aliphatic rings. The second-order valence-electron chi connectivity index (χ2n) is 10.6. The van der Waals surface area contributed by atoms with Gasteiger partial charge in [-0.2, -0.15) is 0 Å². The van der Waals surface area contributed by atoms with E-state index in [-0.39, 0.29) is 29.9 Å². The monoisotopic (exact) mass is 574 g/mol. The fourth-order valence-electron chi connectivity index (χ4n) is 4.30. The van der Waals surface area contributed by atoms with E-state index < -0.39 is 47.8 Å². The summed E-state index contributed by atoms with van der Waals surface area (Å²) in [5.41, 5.74) is 3.04. The Morgan fingerprint density at radius 3 is 2.44 bits per heavy atom. The lowest BCUT2D eigenvalue weighted by Crippen LogP contribution is -2.61. The lowest BCUT2D eigenvalue weighted by Gasteiger charge is -2.35. The summed E-state index contributed by atoms with van der Waals surface area (Å²) in [6, 6.07) is 1.59. The number of halogens is 1. The van der Waals surface area contributed by atoms with Gasteiger partial charge < -0.3 is 20.1 Å². The molecule has 1 aromatic carbocycles. The number of allylic oxidation sites excluding steroid dienone is 1. The third-order valence-corrected chi connectivity index (χ3v) is 6.75. The Balaban J connectivity index is 1.99. The van der Waals surface area contributed by atoms with Crippen molar-refractivity contribution in [3.63, 3.8) is 0 Å². The van der Waals surface area contributed by atoms with Crippen LogP contribution in [0, 0.1) is 17.7 Å². The fraction of sp³-hybridized carbons (Fsp3) is 0.533. The van der Waals surface area contributed by atoms with Crippen molar-refractivity contribution < 1.29 is 33.0 Å². The molecule has 11 heteroatoms. The van der Waals surface area contributed by atoms with E-state index in [0.29, 0.717) is 31.6 Å². The van der Waals surface area contributed by atoms with Crippen LogP contribution in [0.5, 0.6) is 5.75 Å². The molecule has 0 radical (unpaired) electrons. The molecular formula is C30H43FN4O6. The number of ether oxygens (including phenoxy) is 2. The molecule has 1 unspecified atom stereocenters. The zero-order chi connectivity index (χ0) is 30.7. The van der Waals surface area contributed by atoms with Gasteiger partial charge in [0.15, 0.2) is 0 Å². The lowest BCUT2D eigenvalue weighted by atomic mass is 10.0. The SMILES string of the molecule is C=CCOc1ccc(F)c([C@@H](C)OC(=O)[C@@H]2CCCN(C(=O)[C@H](C)NC(=O)[C@@H](NC(=O)C(C)CC=C)C(C)C)N2)c1. The van der Waals surface area contributed by atoms with E-state index in [1.807, 2.05) is 0 Å². The number of carbonyl (C=O) groups is 4. The van der Waals surface area contributed by atoms with Crippen molar-refractivity contribution in [3.05, 3.63) is 54.9 Å². The van der Waals surface area contributed by atoms with E-state index in [1.165, 1.54) is 30.1 Å². The Morgan fingerprint density at radius 1 is 1.10 bits per heavy atom. The van der Waals surface area contributed by atoms with Crippen LogP contribution in [0.2, 0.25) is 0 Å². The van der Waals surface area contributed by atoms with Gasteiger partial charge in [-0.15, -0.1) is 6.58 Å². The fourth-order valence-corrected chi connectivity index (χ4v) is 4.30. The highest BCUT2D eigenvalue weighted by molar-refractivity contribution is 5.92. The summed E-state index contributed by atoms with van der Waals surface area (Å²) in [6.45, 7) is 16.2. The zero-order valence-corrected chi connectivity index (χ0v) is 24.6. The van der Waals surface area contributed by atoms with Crippen molar-refractivity contribution in [2.75, 3.05) is 13.2 Å². The predicted molar refractivity (Wildman–Crippen MR) is 153 cm³/mol. The third kappa shape index (κ3) is 9.70. The molecule has 0 spiro atoms. The maximum absolute atomic E-state index is 14.4. The Morgan fingerprint density at radius 2 is 1.80 bits per heavy atom. The molecule has 10 nitrogen and oxygen atoms in total. The minimum Gasteiger partial charge on any atom is -0.490 e.